The van der Waals surface area contributed by atoms with Crippen LogP contribution in [0.2, 0.25) is 0 Å². The Kier molecular flexibility index (Phi) is 62.2. The molecule has 141 heavy (non-hydrogen) atoms. The lowest BCUT2D eigenvalue weighted by molar-refractivity contribution is -0.142. The number of hydrogen-bond acceptors (Lipinski definition) is 23. The van der Waals surface area contributed by atoms with Gasteiger partial charge in [-0.25, -0.2) is 4.79 Å². The average Bonchev–Trinajstić information content (AvgIpc) is 1.67. The van der Waals surface area contributed by atoms with Gasteiger partial charge >= 0.3 is 5.97 Å². The molecule has 31 N–H and O–H groups in total. The fraction of sp³-hybridized carbons (Fsp3) is 0.762. The van der Waals surface area contributed by atoms with Gasteiger partial charge in [-0.15, -0.1) is 0 Å². The van der Waals surface area contributed by atoms with Crippen LogP contribution in [0.15, 0.2) is 30.5 Å². The first kappa shape index (κ1) is 127. The number of para-hydroxylation sites is 1. The first-order chi connectivity index (χ1) is 66.5. The number of nitrogens with two attached hydrogens (primary N) is 7. The number of hydrogen-bond donors (Lipinski definition) is 24. The molecule has 15 amide bonds. The predicted octanol–water partition coefficient (Wildman–Crippen LogP) is 3.58. The van der Waals surface area contributed by atoms with E-state index in [0.717, 1.165) is 0 Å². The van der Waals surface area contributed by atoms with Crippen LogP contribution < -0.4 is 120 Å². The fourth-order valence-electron chi connectivity index (χ4n) is 16.6. The molecule has 16 atom stereocenters. The third-order valence-corrected chi connectivity index (χ3v) is 24.0. The number of nitrogens with one attached hydrogen (secondary N) is 16. The van der Waals surface area contributed by atoms with Gasteiger partial charge in [0.1, 0.15) is 90.6 Å². The van der Waals surface area contributed by atoms with E-state index in [2.05, 4.69) is 84.7 Å². The number of aliphatic carboxylic acids is 1. The number of H-pyrrole nitrogens is 1. The number of aromatic amines is 1. The van der Waals surface area contributed by atoms with Gasteiger partial charge in [0.25, 0.3) is 0 Å². The van der Waals surface area contributed by atoms with Gasteiger partial charge in [0.2, 0.25) is 88.6 Å². The van der Waals surface area contributed by atoms with Gasteiger partial charge in [-0.3, -0.25) is 71.9 Å². The van der Waals surface area contributed by atoms with Crippen LogP contribution in [0.3, 0.4) is 0 Å². The lowest BCUT2D eigenvalue weighted by Gasteiger charge is -2.30. The lowest BCUT2D eigenvalue weighted by Crippen LogP contribution is -2.61. The zero-order chi connectivity index (χ0) is 106. The zero-order valence-corrected chi connectivity index (χ0v) is 87.9. The molecule has 0 bridgehead atoms. The summed E-state index contributed by atoms with van der Waals surface area (Å²) in [5, 5.41) is 53.1. The molecule has 0 saturated heterocycles. The van der Waals surface area contributed by atoms with Crippen LogP contribution in [0.4, 0.5) is 0 Å². The number of amides is 15. The summed E-state index contributed by atoms with van der Waals surface area (Å²) in [4.78, 5) is 236. The second-order valence-corrected chi connectivity index (χ2v) is 41.8. The smallest absolute Gasteiger partial charge is 0.326 e. The molecule has 1 aromatic heterocycles. The van der Waals surface area contributed by atoms with Crippen LogP contribution >= 0.6 is 0 Å². The van der Waals surface area contributed by atoms with E-state index in [-0.39, 0.29) is 182 Å². The highest BCUT2D eigenvalue weighted by Gasteiger charge is 2.41. The van der Waals surface area contributed by atoms with Crippen molar-refractivity contribution in [2.24, 2.45) is 93.4 Å². The minimum Gasteiger partial charge on any atom is -0.480 e. The van der Waals surface area contributed by atoms with E-state index < -0.39 is 191 Å². The van der Waals surface area contributed by atoms with Crippen molar-refractivity contribution in [2.75, 3.05) is 39.3 Å². The molecule has 0 aliphatic carbocycles. The summed E-state index contributed by atoms with van der Waals surface area (Å²) in [5.74, 6) is -13.9. The number of fused-ring (bicyclic) bond motifs is 1. The minimum atomic E-state index is -1.48. The second-order valence-electron chi connectivity index (χ2n) is 41.8. The number of unbranched alkanes of at least 4 members (excludes halogenated alkanes) is 6. The molecule has 0 radical (unpaired) electrons. The van der Waals surface area contributed by atoms with E-state index in [1.165, 1.54) is 0 Å². The Balaban J connectivity index is 2.72. The Morgan fingerprint density at radius 3 is 0.631 bits per heavy atom. The van der Waals surface area contributed by atoms with Crippen LogP contribution in [-0.2, 0) is 83.1 Å². The third kappa shape index (κ3) is 51.2. The van der Waals surface area contributed by atoms with Crippen molar-refractivity contribution in [3.05, 3.63) is 36.0 Å². The van der Waals surface area contributed by atoms with Gasteiger partial charge in [0.15, 0.2) is 0 Å². The molecule has 0 spiro atoms. The molecule has 1 aromatic carbocycles. The van der Waals surface area contributed by atoms with E-state index in [4.69, 9.17) is 40.1 Å². The van der Waals surface area contributed by atoms with Gasteiger partial charge in [-0.1, -0.05) is 143 Å². The van der Waals surface area contributed by atoms with Crippen molar-refractivity contribution >= 4 is 105 Å². The molecule has 40 heteroatoms. The molecule has 1 heterocycles. The van der Waals surface area contributed by atoms with Crippen molar-refractivity contribution in [2.45, 2.75) is 401 Å². The number of rotatable bonds is 75. The highest BCUT2D eigenvalue weighted by atomic mass is 16.4. The summed E-state index contributed by atoms with van der Waals surface area (Å²) in [6.07, 6.45) is 7.82. The van der Waals surface area contributed by atoms with Crippen molar-refractivity contribution in [3.8, 4) is 0 Å². The number of benzene rings is 1. The van der Waals surface area contributed by atoms with Crippen LogP contribution in [0.5, 0.6) is 0 Å². The molecular formula is C101H183N23O17. The van der Waals surface area contributed by atoms with Crippen molar-refractivity contribution in [1.29, 1.82) is 0 Å². The minimum absolute atomic E-state index is 0.00548. The largest absolute Gasteiger partial charge is 0.480 e. The zero-order valence-electron chi connectivity index (χ0n) is 87.9. The molecule has 804 valence electrons. The number of carbonyl (C=O) groups excluding carboxylic acids is 15. The summed E-state index contributed by atoms with van der Waals surface area (Å²) in [6.45, 7) is 34.8. The number of carboxylic acid groups (broad SMARTS) is 1. The average molecular weight is 1990 g/mol. The van der Waals surface area contributed by atoms with Crippen molar-refractivity contribution < 1.29 is 81.8 Å². The molecule has 0 saturated carbocycles. The van der Waals surface area contributed by atoms with Gasteiger partial charge in [-0.2, -0.15) is 0 Å². The molecule has 0 aliphatic heterocycles. The Morgan fingerprint density at radius 1 is 0.241 bits per heavy atom. The standard InChI is InChI=1S/C101H183N23O17/c1-58(2)47-69(108)86(125)110-71(35-21-27-41-102)88(127)116-80(51-62(9)10)97(136)123-84(55-66(17)18)98(137)121-78(49-60(5)6)93(132)113-75(39-25-31-45-106)91(130)119-83(54-65(15)16)99(138)124-85(56-67-57-109-70-34-20-19-33-68(67)70)100(139)114-72(36-22-28-42-103)87(126)111-73(37-23-29-43-104)89(128)117-81(52-63(11)12)95(134)120-77(48-59(3)4)92(131)112-74(38-24-30-44-105)90(129)118-82(53-64(13)14)96(135)122-79(50-61(7)8)94(133)115-76(101(140)141)40-26-32-46-107/h19-20,33-34,57-66,69,71-85,109H,21-32,35-56,102-108H2,1-18H3,(H,110,125)(H,111,126)(H,112,131)(H,113,132)(H,114,139)(H,115,133)(H,116,127)(H,117,128)(H,118,129)(H,119,130)(H,120,134)(H,121,137)(H,122,135)(H,123,136)(H,124,138)(H,140,141)/t69-,71-,72-,73-,74-,75-,76-,77-,78-,79-,80-,81-,82-,83-,84-,85-/m0/s1. The Hall–Kier alpha value is -10.00. The maximum atomic E-state index is 15.5. The number of carboxylic acids is 1. The third-order valence-electron chi connectivity index (χ3n) is 24.0. The van der Waals surface area contributed by atoms with Crippen LogP contribution in [0, 0.1) is 53.3 Å². The lowest BCUT2D eigenvalue weighted by atomic mass is 9.98. The normalized spacial score (nSPS) is 15.1. The van der Waals surface area contributed by atoms with Crippen LogP contribution in [0.25, 0.3) is 10.9 Å². The summed E-state index contributed by atoms with van der Waals surface area (Å²) < 4.78 is 0. The summed E-state index contributed by atoms with van der Waals surface area (Å²) in [5.41, 5.74) is 42.9. The highest BCUT2D eigenvalue weighted by Crippen LogP contribution is 2.23. The Labute approximate surface area is 837 Å². The van der Waals surface area contributed by atoms with Crippen LogP contribution in [-0.4, -0.2) is 241 Å². The van der Waals surface area contributed by atoms with Crippen molar-refractivity contribution in [3.63, 3.8) is 0 Å². The monoisotopic (exact) mass is 1990 g/mol. The number of carbonyl (C=O) groups is 16. The van der Waals surface area contributed by atoms with Gasteiger partial charge < -0.3 is 130 Å². The first-order valence-corrected chi connectivity index (χ1v) is 51.8. The first-order valence-electron chi connectivity index (χ1n) is 51.8. The Bertz CT molecular complexity index is 4140. The summed E-state index contributed by atoms with van der Waals surface area (Å²) in [7, 11) is 0. The summed E-state index contributed by atoms with van der Waals surface area (Å²) >= 11 is 0. The van der Waals surface area contributed by atoms with E-state index in [1.807, 2.05) is 143 Å². The molecule has 40 nitrogen and oxygen atoms in total. The summed E-state index contributed by atoms with van der Waals surface area (Å²) in [6, 6.07) is -12.9. The van der Waals surface area contributed by atoms with E-state index in [1.54, 1.807) is 12.3 Å². The van der Waals surface area contributed by atoms with Crippen LogP contribution in [0.1, 0.15) is 304 Å². The molecule has 2 rings (SSSR count). The Morgan fingerprint density at radius 2 is 0.418 bits per heavy atom. The van der Waals surface area contributed by atoms with E-state index in [9.17, 15) is 57.8 Å². The molecule has 0 aliphatic rings. The van der Waals surface area contributed by atoms with Crippen molar-refractivity contribution in [1.82, 2.24) is 84.7 Å². The SMILES string of the molecule is CC(C)C[C@H](NC(=O)[C@H](CC(C)C)NC(=O)[C@H](CCCCN)NC(=O)[C@H](CC(C)C)NC(=O)[C@H](CC(C)C)NC(=O)[C@H](CCCCN)NC(=O)[C@H](CCCCN)NC(=O)[C@H](Cc1c[nH]c2ccccc12)NC(=O)[C@H](CC(C)C)NC(=O)[C@H](CCCCN)NC(=O)[C@H](CC(C)C)NC(=O)[C@H](CC(C)C)NC(=O)[C@H](CC(C)C)NC(=O)[C@H](CCCCN)NC(=O)[C@@H](N)CC(C)C)C(=O)N[C@@H](CCCCN)C(=O)O. The quantitative estimate of drug-likeness (QED) is 0.0421. The molecule has 2 aromatic rings. The topological polar surface area (TPSA) is 672 Å². The molecule has 0 unspecified atom stereocenters. The molecule has 0 fully saturated rings. The maximum Gasteiger partial charge on any atom is 0.326 e. The highest BCUT2D eigenvalue weighted by molar-refractivity contribution is 6.01. The van der Waals surface area contributed by atoms with Gasteiger partial charge in [-0.05, 0) is 278 Å². The fourth-order valence-corrected chi connectivity index (χ4v) is 16.6. The van der Waals surface area contributed by atoms with E-state index >= 15 is 24.0 Å². The van der Waals surface area contributed by atoms with Gasteiger partial charge in [0, 0.05) is 23.5 Å². The van der Waals surface area contributed by atoms with Gasteiger partial charge in [0.05, 0.1) is 6.04 Å². The second kappa shape index (κ2) is 69.1. The number of aromatic nitrogens is 1. The van der Waals surface area contributed by atoms with E-state index in [0.29, 0.717) is 107 Å². The maximum absolute atomic E-state index is 15.5. The predicted molar refractivity (Wildman–Crippen MR) is 549 cm³/mol. The molecular weight excluding hydrogens is 1810 g/mol.